The number of pyridine rings is 1. The Balaban J connectivity index is 3.35. The van der Waals surface area contributed by atoms with Crippen LogP contribution in [0.15, 0.2) is 10.5 Å². The van der Waals surface area contributed by atoms with Crippen LogP contribution in [0.5, 0.6) is 0 Å². The van der Waals surface area contributed by atoms with E-state index in [4.69, 9.17) is 11.0 Å². The van der Waals surface area contributed by atoms with Gasteiger partial charge in [0.1, 0.15) is 17.5 Å². The smallest absolute Gasteiger partial charge is 0.282 e. The Morgan fingerprint density at radius 3 is 2.69 bits per heavy atom. The Kier molecular flexibility index (Phi) is 2.78. The zero-order chi connectivity index (χ0) is 10.0. The molecule has 0 fully saturated rings. The summed E-state index contributed by atoms with van der Waals surface area (Å²) in [5.41, 5.74) is 4.53. The molecule has 0 amide bonds. The van der Waals surface area contributed by atoms with Crippen molar-refractivity contribution >= 4 is 21.6 Å². The van der Waals surface area contributed by atoms with Crippen LogP contribution >= 0.6 is 15.9 Å². The number of hydrogen-bond donors (Lipinski definition) is 1. The summed E-state index contributed by atoms with van der Waals surface area (Å²) in [6.45, 7) is 0. The van der Waals surface area contributed by atoms with Gasteiger partial charge in [-0.25, -0.2) is 13.8 Å². The summed E-state index contributed by atoms with van der Waals surface area (Å²) in [6.07, 6.45) is -2.77. The van der Waals surface area contributed by atoms with Crippen LogP contribution in [0.2, 0.25) is 0 Å². The Labute approximate surface area is 81.3 Å². The summed E-state index contributed by atoms with van der Waals surface area (Å²) < 4.78 is 24.8. The second-order valence-corrected chi connectivity index (χ2v) is 3.06. The second kappa shape index (κ2) is 3.66. The summed E-state index contributed by atoms with van der Waals surface area (Å²) in [4.78, 5) is 3.38. The van der Waals surface area contributed by atoms with Gasteiger partial charge in [-0.2, -0.15) is 5.26 Å². The van der Waals surface area contributed by atoms with E-state index in [1.54, 1.807) is 6.07 Å². The first-order valence-electron chi connectivity index (χ1n) is 3.20. The summed E-state index contributed by atoms with van der Waals surface area (Å²) in [7, 11) is 0. The molecule has 13 heavy (non-hydrogen) atoms. The van der Waals surface area contributed by atoms with E-state index in [1.807, 2.05) is 0 Å². The molecule has 0 bridgehead atoms. The zero-order valence-corrected chi connectivity index (χ0v) is 7.85. The minimum atomic E-state index is -2.77. The largest absolute Gasteiger partial charge is 0.396 e. The van der Waals surface area contributed by atoms with Crippen molar-refractivity contribution in [2.24, 2.45) is 0 Å². The fourth-order valence-electron chi connectivity index (χ4n) is 0.766. The number of halogens is 3. The standard InChI is InChI=1S/C7H4BrF2N3/c8-4-1-3(2-11)13-6(5(4)12)7(9)10/h1,7H,12H2. The van der Waals surface area contributed by atoms with Crippen LogP contribution in [0, 0.1) is 11.3 Å². The summed E-state index contributed by atoms with van der Waals surface area (Å²) >= 11 is 2.96. The van der Waals surface area contributed by atoms with E-state index in [0.717, 1.165) is 0 Å². The zero-order valence-electron chi connectivity index (χ0n) is 6.26. The number of aromatic nitrogens is 1. The highest BCUT2D eigenvalue weighted by atomic mass is 79.9. The maximum atomic E-state index is 12.3. The summed E-state index contributed by atoms with van der Waals surface area (Å²) in [6, 6.07) is 2.95. The summed E-state index contributed by atoms with van der Waals surface area (Å²) in [5.74, 6) is 0. The van der Waals surface area contributed by atoms with E-state index < -0.39 is 12.1 Å². The third kappa shape index (κ3) is 1.92. The first-order valence-corrected chi connectivity index (χ1v) is 3.99. The Morgan fingerprint density at radius 1 is 1.62 bits per heavy atom. The van der Waals surface area contributed by atoms with Crippen molar-refractivity contribution in [3.05, 3.63) is 21.9 Å². The lowest BCUT2D eigenvalue weighted by Crippen LogP contribution is -2.01. The number of rotatable bonds is 1. The molecule has 1 heterocycles. The van der Waals surface area contributed by atoms with Crippen molar-refractivity contribution in [2.45, 2.75) is 6.43 Å². The molecule has 0 saturated carbocycles. The van der Waals surface area contributed by atoms with Crippen LogP contribution < -0.4 is 5.73 Å². The minimum Gasteiger partial charge on any atom is -0.396 e. The van der Waals surface area contributed by atoms with Gasteiger partial charge in [0.2, 0.25) is 0 Å². The molecule has 0 aliphatic heterocycles. The van der Waals surface area contributed by atoms with Gasteiger partial charge < -0.3 is 5.73 Å². The Bertz CT molecular complexity index is 373. The maximum Gasteiger partial charge on any atom is 0.282 e. The highest BCUT2D eigenvalue weighted by Crippen LogP contribution is 2.29. The van der Waals surface area contributed by atoms with E-state index in [2.05, 4.69) is 20.9 Å². The molecule has 0 unspecified atom stereocenters. The molecule has 0 saturated heterocycles. The first-order chi connectivity index (χ1) is 6.06. The van der Waals surface area contributed by atoms with Crippen LogP contribution in [0.3, 0.4) is 0 Å². The van der Waals surface area contributed by atoms with Gasteiger partial charge in [-0.1, -0.05) is 0 Å². The van der Waals surface area contributed by atoms with Crippen molar-refractivity contribution in [2.75, 3.05) is 5.73 Å². The van der Waals surface area contributed by atoms with Gasteiger partial charge in [0.05, 0.1) is 5.69 Å². The maximum absolute atomic E-state index is 12.3. The number of alkyl halides is 2. The third-order valence-electron chi connectivity index (χ3n) is 1.36. The van der Waals surface area contributed by atoms with Gasteiger partial charge in [-0.3, -0.25) is 0 Å². The monoisotopic (exact) mass is 247 g/mol. The van der Waals surface area contributed by atoms with Crippen LogP contribution in [0.25, 0.3) is 0 Å². The topological polar surface area (TPSA) is 62.7 Å². The van der Waals surface area contributed by atoms with Gasteiger partial charge in [-0.15, -0.1) is 0 Å². The van der Waals surface area contributed by atoms with E-state index in [1.165, 1.54) is 6.07 Å². The van der Waals surface area contributed by atoms with E-state index >= 15 is 0 Å². The molecular formula is C7H4BrF2N3. The molecule has 1 aromatic rings. The lowest BCUT2D eigenvalue weighted by Gasteiger charge is -2.05. The van der Waals surface area contributed by atoms with Gasteiger partial charge in [0.25, 0.3) is 6.43 Å². The molecule has 3 nitrogen and oxygen atoms in total. The fourth-order valence-corrected chi connectivity index (χ4v) is 1.19. The highest BCUT2D eigenvalue weighted by Gasteiger charge is 2.16. The number of hydrogen-bond acceptors (Lipinski definition) is 3. The number of nitrogens with zero attached hydrogens (tertiary/aromatic N) is 2. The van der Waals surface area contributed by atoms with Crippen LogP contribution in [-0.4, -0.2) is 4.98 Å². The Morgan fingerprint density at radius 2 is 2.23 bits per heavy atom. The number of nitrogen functional groups attached to an aromatic ring is 1. The molecule has 0 atom stereocenters. The lowest BCUT2D eigenvalue weighted by atomic mass is 10.2. The highest BCUT2D eigenvalue weighted by molar-refractivity contribution is 9.10. The summed E-state index contributed by atoms with van der Waals surface area (Å²) in [5, 5.41) is 8.44. The molecule has 2 N–H and O–H groups in total. The molecule has 68 valence electrons. The van der Waals surface area contributed by atoms with Crippen molar-refractivity contribution in [3.8, 4) is 6.07 Å². The molecular weight excluding hydrogens is 244 g/mol. The normalized spacial score (nSPS) is 10.1. The number of nitriles is 1. The van der Waals surface area contributed by atoms with E-state index in [9.17, 15) is 8.78 Å². The van der Waals surface area contributed by atoms with Crippen molar-refractivity contribution in [1.29, 1.82) is 5.26 Å². The van der Waals surface area contributed by atoms with Crippen LogP contribution in [-0.2, 0) is 0 Å². The molecule has 0 radical (unpaired) electrons. The molecule has 6 heteroatoms. The van der Waals surface area contributed by atoms with E-state index in [-0.39, 0.29) is 15.9 Å². The quantitative estimate of drug-likeness (QED) is 0.828. The minimum absolute atomic E-state index is 0.0867. The second-order valence-electron chi connectivity index (χ2n) is 2.20. The molecule has 0 spiro atoms. The van der Waals surface area contributed by atoms with Gasteiger partial charge in [0, 0.05) is 4.47 Å². The van der Waals surface area contributed by atoms with E-state index in [0.29, 0.717) is 0 Å². The first kappa shape index (κ1) is 9.86. The van der Waals surface area contributed by atoms with Gasteiger partial charge in [0.15, 0.2) is 0 Å². The molecule has 0 aliphatic rings. The molecule has 0 aromatic carbocycles. The average Bonchev–Trinajstić information content (AvgIpc) is 2.09. The van der Waals surface area contributed by atoms with Gasteiger partial charge >= 0.3 is 0 Å². The fraction of sp³-hybridized carbons (Fsp3) is 0.143. The van der Waals surface area contributed by atoms with Gasteiger partial charge in [-0.05, 0) is 22.0 Å². The van der Waals surface area contributed by atoms with Crippen LogP contribution in [0.4, 0.5) is 14.5 Å². The average molecular weight is 248 g/mol. The van der Waals surface area contributed by atoms with Crippen LogP contribution in [0.1, 0.15) is 17.8 Å². The molecule has 1 rings (SSSR count). The van der Waals surface area contributed by atoms with Crippen molar-refractivity contribution in [3.63, 3.8) is 0 Å². The van der Waals surface area contributed by atoms with Crippen molar-refractivity contribution in [1.82, 2.24) is 4.98 Å². The molecule has 0 aliphatic carbocycles. The SMILES string of the molecule is N#Cc1cc(Br)c(N)c(C(F)F)n1. The predicted molar refractivity (Wildman–Crippen MR) is 46.0 cm³/mol. The number of nitrogens with two attached hydrogens (primary N) is 1. The van der Waals surface area contributed by atoms with Crippen molar-refractivity contribution < 1.29 is 8.78 Å². The predicted octanol–water partition coefficient (Wildman–Crippen LogP) is 2.24. The number of anilines is 1. The molecule has 1 aromatic heterocycles. The lowest BCUT2D eigenvalue weighted by molar-refractivity contribution is 0.147. The third-order valence-corrected chi connectivity index (χ3v) is 2.01. The Hall–Kier alpha value is -1.22.